The van der Waals surface area contributed by atoms with Crippen LogP contribution >= 0.6 is 0 Å². The number of nitrogens with one attached hydrogen (secondary N) is 2. The number of primary amides is 1. The van der Waals surface area contributed by atoms with Gasteiger partial charge in [0.1, 0.15) is 18.1 Å². The maximum atomic E-state index is 12.7. The quantitative estimate of drug-likeness (QED) is 0.0807. The number of hydrogen-bond donors (Lipinski definition) is 7. The van der Waals surface area contributed by atoms with Crippen molar-refractivity contribution in [1.29, 1.82) is 0 Å². The van der Waals surface area contributed by atoms with Gasteiger partial charge in [-0.15, -0.1) is 0 Å². The minimum Gasteiger partial charge on any atom is -0.480 e. The van der Waals surface area contributed by atoms with Gasteiger partial charge in [-0.25, -0.2) is 4.79 Å². The number of hydrogen-bond acceptors (Lipinski definition) is 7. The Balaban J connectivity index is 2.74. The maximum Gasteiger partial charge on any atom is 0.326 e. The Hall–Kier alpha value is -3.42. The number of aliphatic imine (C=N–C) groups is 1. The molecule has 0 aromatic rings. The molecule has 11 N–H and O–H groups in total. The molecule has 0 aromatic carbocycles. The van der Waals surface area contributed by atoms with Crippen LogP contribution in [0.25, 0.3) is 0 Å². The van der Waals surface area contributed by atoms with E-state index >= 15 is 0 Å². The Morgan fingerprint density at radius 2 is 1.76 bits per heavy atom. The van der Waals surface area contributed by atoms with Crippen LogP contribution in [0.2, 0.25) is 0 Å². The predicted molar refractivity (Wildman–Crippen MR) is 118 cm³/mol. The second-order valence-corrected chi connectivity index (χ2v) is 7.88. The zero-order chi connectivity index (χ0) is 25.1. The van der Waals surface area contributed by atoms with Gasteiger partial charge in [-0.05, 0) is 39.0 Å². The van der Waals surface area contributed by atoms with Crippen molar-refractivity contribution >= 4 is 35.6 Å². The van der Waals surface area contributed by atoms with Crippen LogP contribution in [-0.4, -0.2) is 82.8 Å². The number of nitrogens with zero attached hydrogens (tertiary/aromatic N) is 2. The number of carbonyl (C=O) groups excluding carboxylic acids is 4. The Morgan fingerprint density at radius 3 is 2.33 bits per heavy atom. The van der Waals surface area contributed by atoms with E-state index in [0.717, 1.165) is 0 Å². The third-order valence-electron chi connectivity index (χ3n) is 5.17. The second kappa shape index (κ2) is 13.2. The van der Waals surface area contributed by atoms with E-state index in [9.17, 15) is 29.1 Å². The van der Waals surface area contributed by atoms with Crippen LogP contribution in [-0.2, 0) is 24.0 Å². The molecule has 4 amide bonds. The van der Waals surface area contributed by atoms with Crippen molar-refractivity contribution in [2.75, 3.05) is 13.1 Å². The highest BCUT2D eigenvalue weighted by Crippen LogP contribution is 2.18. The standard InChI is InChI=1S/C19H34N8O6/c1-10(17(31)27-9-3-5-13(27)18(32)33)25-16(30)12(6-7-14(21)28)26-15(29)11(20)4-2-8-24-19(22)23/h10-13H,2-9,20H2,1H3,(H2,21,28)(H,25,30)(H,26,29)(H,32,33)(H4,22,23,24)/t10-,11-,12-,13-/m0/s1. The lowest BCUT2D eigenvalue weighted by Crippen LogP contribution is -2.56. The van der Waals surface area contributed by atoms with Crippen LogP contribution in [0.15, 0.2) is 4.99 Å². The van der Waals surface area contributed by atoms with Gasteiger partial charge >= 0.3 is 5.97 Å². The van der Waals surface area contributed by atoms with E-state index < -0.39 is 53.8 Å². The molecule has 0 saturated carbocycles. The molecule has 14 heteroatoms. The van der Waals surface area contributed by atoms with Crippen LogP contribution in [0, 0.1) is 0 Å². The van der Waals surface area contributed by atoms with Crippen molar-refractivity contribution in [3.8, 4) is 0 Å². The third kappa shape index (κ3) is 9.31. The van der Waals surface area contributed by atoms with Gasteiger partial charge in [-0.3, -0.25) is 24.2 Å². The third-order valence-corrected chi connectivity index (χ3v) is 5.17. The minimum atomic E-state index is -1.17. The lowest BCUT2D eigenvalue weighted by atomic mass is 10.1. The summed E-state index contributed by atoms with van der Waals surface area (Å²) in [6, 6.07) is -4.11. The maximum absolute atomic E-state index is 12.7. The zero-order valence-electron chi connectivity index (χ0n) is 18.7. The average molecular weight is 471 g/mol. The molecule has 1 aliphatic rings. The smallest absolute Gasteiger partial charge is 0.326 e. The van der Waals surface area contributed by atoms with Gasteiger partial charge in [0.2, 0.25) is 23.6 Å². The summed E-state index contributed by atoms with van der Waals surface area (Å²) in [4.78, 5) is 65.3. The van der Waals surface area contributed by atoms with Crippen LogP contribution in [0.3, 0.4) is 0 Å². The fraction of sp³-hybridized carbons (Fsp3) is 0.684. The van der Waals surface area contributed by atoms with Crippen molar-refractivity contribution < 1.29 is 29.1 Å². The minimum absolute atomic E-state index is 0.0801. The number of likely N-dealkylation sites (tertiary alicyclic amines) is 1. The molecular weight excluding hydrogens is 436 g/mol. The van der Waals surface area contributed by atoms with Gasteiger partial charge in [-0.1, -0.05) is 0 Å². The molecule has 0 bridgehead atoms. The van der Waals surface area contributed by atoms with Gasteiger partial charge < -0.3 is 43.6 Å². The number of aliphatic carboxylic acids is 1. The van der Waals surface area contributed by atoms with Gasteiger partial charge in [-0.2, -0.15) is 0 Å². The molecule has 0 aromatic heterocycles. The lowest BCUT2D eigenvalue weighted by molar-refractivity contribution is -0.149. The average Bonchev–Trinajstić information content (AvgIpc) is 3.22. The van der Waals surface area contributed by atoms with E-state index in [1.165, 1.54) is 11.8 Å². The molecule has 0 spiro atoms. The zero-order valence-corrected chi connectivity index (χ0v) is 18.7. The SMILES string of the molecule is C[C@H](NC(=O)[C@H](CCC(N)=O)NC(=O)[C@@H](N)CCCN=C(N)N)C(=O)N1CCC[C@H]1C(=O)O. The Labute approximate surface area is 191 Å². The van der Waals surface area contributed by atoms with Crippen molar-refractivity contribution in [3.05, 3.63) is 0 Å². The largest absolute Gasteiger partial charge is 0.480 e. The first-order chi connectivity index (χ1) is 15.4. The highest BCUT2D eigenvalue weighted by atomic mass is 16.4. The van der Waals surface area contributed by atoms with Crippen LogP contribution in [0.1, 0.15) is 45.4 Å². The molecule has 1 aliphatic heterocycles. The summed E-state index contributed by atoms with van der Waals surface area (Å²) in [5, 5.41) is 14.2. The van der Waals surface area contributed by atoms with E-state index in [1.807, 2.05) is 0 Å². The monoisotopic (exact) mass is 470 g/mol. The van der Waals surface area contributed by atoms with Gasteiger partial charge in [0.15, 0.2) is 5.96 Å². The molecule has 4 atom stereocenters. The molecule has 14 nitrogen and oxygen atoms in total. The van der Waals surface area contributed by atoms with Crippen molar-refractivity contribution in [2.45, 2.75) is 69.6 Å². The van der Waals surface area contributed by atoms with E-state index in [4.69, 9.17) is 22.9 Å². The topological polar surface area (TPSA) is 249 Å². The second-order valence-electron chi connectivity index (χ2n) is 7.88. The van der Waals surface area contributed by atoms with E-state index in [0.29, 0.717) is 19.3 Å². The van der Waals surface area contributed by atoms with Gasteiger partial charge in [0, 0.05) is 19.5 Å². The first-order valence-electron chi connectivity index (χ1n) is 10.7. The Morgan fingerprint density at radius 1 is 1.09 bits per heavy atom. The Bertz CT molecular complexity index is 769. The number of amides is 4. The molecular formula is C19H34N8O6. The van der Waals surface area contributed by atoms with Crippen molar-refractivity contribution in [3.63, 3.8) is 0 Å². The summed E-state index contributed by atoms with van der Waals surface area (Å²) in [5.74, 6) is -3.76. The molecule has 1 fully saturated rings. The van der Waals surface area contributed by atoms with Crippen molar-refractivity contribution in [2.24, 2.45) is 27.9 Å². The molecule has 1 rings (SSSR count). The Kier molecular flexibility index (Phi) is 11.0. The van der Waals surface area contributed by atoms with Crippen LogP contribution in [0.5, 0.6) is 0 Å². The van der Waals surface area contributed by atoms with Gasteiger partial charge in [0.05, 0.1) is 6.04 Å². The lowest BCUT2D eigenvalue weighted by Gasteiger charge is -2.27. The normalized spacial score (nSPS) is 18.0. The number of nitrogens with two attached hydrogens (primary N) is 4. The molecule has 33 heavy (non-hydrogen) atoms. The number of carboxylic acids is 1. The highest BCUT2D eigenvalue weighted by Gasteiger charge is 2.37. The number of carbonyl (C=O) groups is 5. The number of guanidine groups is 1. The van der Waals surface area contributed by atoms with Gasteiger partial charge in [0.25, 0.3) is 0 Å². The molecule has 1 saturated heterocycles. The predicted octanol–water partition coefficient (Wildman–Crippen LogP) is -3.30. The van der Waals surface area contributed by atoms with Crippen LogP contribution in [0.4, 0.5) is 0 Å². The first kappa shape index (κ1) is 27.6. The van der Waals surface area contributed by atoms with E-state index in [2.05, 4.69) is 15.6 Å². The molecule has 186 valence electrons. The van der Waals surface area contributed by atoms with Crippen LogP contribution < -0.4 is 33.6 Å². The summed E-state index contributed by atoms with van der Waals surface area (Å²) < 4.78 is 0. The summed E-state index contributed by atoms with van der Waals surface area (Å²) in [7, 11) is 0. The molecule has 0 unspecified atom stereocenters. The molecule has 0 radical (unpaired) electrons. The van der Waals surface area contributed by atoms with Crippen molar-refractivity contribution in [1.82, 2.24) is 15.5 Å². The molecule has 0 aliphatic carbocycles. The molecule has 1 heterocycles. The fourth-order valence-electron chi connectivity index (χ4n) is 3.40. The summed E-state index contributed by atoms with van der Waals surface area (Å²) in [5.41, 5.74) is 21.5. The summed E-state index contributed by atoms with van der Waals surface area (Å²) >= 11 is 0. The fourth-order valence-corrected chi connectivity index (χ4v) is 3.40. The highest BCUT2D eigenvalue weighted by molar-refractivity contribution is 5.94. The number of rotatable bonds is 13. The van der Waals surface area contributed by atoms with E-state index in [-0.39, 0.29) is 38.3 Å². The summed E-state index contributed by atoms with van der Waals surface area (Å²) in [6.45, 7) is 1.97. The first-order valence-corrected chi connectivity index (χ1v) is 10.7. The van der Waals surface area contributed by atoms with E-state index in [1.54, 1.807) is 0 Å². The number of carboxylic acid groups (broad SMARTS) is 1. The summed E-state index contributed by atoms with van der Waals surface area (Å²) in [6.07, 6.45) is 1.26.